The molecule has 0 amide bonds. The zero-order valence-electron chi connectivity index (χ0n) is 11.9. The summed E-state index contributed by atoms with van der Waals surface area (Å²) in [6.07, 6.45) is 1.55. The third-order valence-electron chi connectivity index (χ3n) is 3.33. The molecule has 0 unspecified atom stereocenters. The first-order chi connectivity index (χ1) is 8.88. The summed E-state index contributed by atoms with van der Waals surface area (Å²) in [6, 6.07) is 4.52. The van der Waals surface area contributed by atoms with Crippen LogP contribution in [0.3, 0.4) is 0 Å². The first-order valence-corrected chi connectivity index (χ1v) is 7.74. The Morgan fingerprint density at radius 2 is 1.89 bits per heavy atom. The van der Waals surface area contributed by atoms with E-state index in [1.807, 2.05) is 13.8 Å². The number of nitrogens with zero attached hydrogens (tertiary/aromatic N) is 1. The van der Waals surface area contributed by atoms with Crippen molar-refractivity contribution in [2.75, 3.05) is 19.9 Å². The Morgan fingerprint density at radius 1 is 1.32 bits per heavy atom. The van der Waals surface area contributed by atoms with Gasteiger partial charge in [-0.1, -0.05) is 13.8 Å². The van der Waals surface area contributed by atoms with Gasteiger partial charge in [0.1, 0.15) is 5.75 Å². The molecule has 19 heavy (non-hydrogen) atoms. The Labute approximate surface area is 115 Å². The van der Waals surface area contributed by atoms with Crippen molar-refractivity contribution in [1.29, 1.82) is 0 Å². The largest absolute Gasteiger partial charge is 0.495 e. The lowest BCUT2D eigenvalue weighted by Gasteiger charge is -2.25. The van der Waals surface area contributed by atoms with Crippen LogP contribution in [0.5, 0.6) is 5.75 Å². The number of benzene rings is 1. The summed E-state index contributed by atoms with van der Waals surface area (Å²) in [6.45, 7) is 3.95. The fraction of sp³-hybridized carbons (Fsp3) is 0.538. The maximum atomic E-state index is 12.5. The third kappa shape index (κ3) is 3.19. The molecule has 0 atom stereocenters. The molecule has 0 fully saturated rings. The van der Waals surface area contributed by atoms with Crippen molar-refractivity contribution in [3.05, 3.63) is 18.2 Å². The smallest absolute Gasteiger partial charge is 0.243 e. The van der Waals surface area contributed by atoms with Crippen LogP contribution < -0.4 is 10.5 Å². The molecule has 0 heterocycles. The molecule has 5 nitrogen and oxygen atoms in total. The van der Waals surface area contributed by atoms with E-state index in [4.69, 9.17) is 10.5 Å². The van der Waals surface area contributed by atoms with Gasteiger partial charge in [-0.3, -0.25) is 0 Å². The van der Waals surface area contributed by atoms with Gasteiger partial charge in [-0.2, -0.15) is 4.31 Å². The van der Waals surface area contributed by atoms with Gasteiger partial charge in [-0.15, -0.1) is 0 Å². The minimum Gasteiger partial charge on any atom is -0.495 e. The highest BCUT2D eigenvalue weighted by Gasteiger charge is 2.26. The standard InChI is InChI=1S/C13H22N2O3S/c1-5-10(6-2)15(3)19(16,17)11-7-8-13(18-4)12(14)9-11/h7-10H,5-6,14H2,1-4H3. The normalized spacial score (nSPS) is 12.1. The highest BCUT2D eigenvalue weighted by molar-refractivity contribution is 7.89. The van der Waals surface area contributed by atoms with E-state index in [0.717, 1.165) is 12.8 Å². The Morgan fingerprint density at radius 3 is 2.32 bits per heavy atom. The molecule has 1 aromatic carbocycles. The van der Waals surface area contributed by atoms with Gasteiger partial charge in [0, 0.05) is 13.1 Å². The van der Waals surface area contributed by atoms with Gasteiger partial charge in [-0.05, 0) is 31.0 Å². The van der Waals surface area contributed by atoms with Crippen LogP contribution in [0.1, 0.15) is 26.7 Å². The molecule has 1 rings (SSSR count). The predicted octanol–water partition coefficient (Wildman–Crippen LogP) is 2.09. The van der Waals surface area contributed by atoms with Gasteiger partial charge in [0.15, 0.2) is 0 Å². The van der Waals surface area contributed by atoms with Gasteiger partial charge in [0.2, 0.25) is 10.0 Å². The van der Waals surface area contributed by atoms with E-state index >= 15 is 0 Å². The van der Waals surface area contributed by atoms with Crippen LogP contribution in [0.15, 0.2) is 23.1 Å². The summed E-state index contributed by atoms with van der Waals surface area (Å²) in [5.41, 5.74) is 6.08. The third-order valence-corrected chi connectivity index (χ3v) is 5.24. The Bertz CT molecular complexity index is 525. The van der Waals surface area contributed by atoms with Crippen LogP contribution in [0.4, 0.5) is 5.69 Å². The van der Waals surface area contributed by atoms with E-state index in [1.54, 1.807) is 13.1 Å². The summed E-state index contributed by atoms with van der Waals surface area (Å²) in [5, 5.41) is 0. The van der Waals surface area contributed by atoms with Crippen molar-refractivity contribution in [3.8, 4) is 5.75 Å². The zero-order valence-corrected chi connectivity index (χ0v) is 12.7. The van der Waals surface area contributed by atoms with Gasteiger partial charge >= 0.3 is 0 Å². The van der Waals surface area contributed by atoms with Crippen LogP contribution in [-0.2, 0) is 10.0 Å². The van der Waals surface area contributed by atoms with Crippen LogP contribution in [0.25, 0.3) is 0 Å². The number of ether oxygens (including phenoxy) is 1. The highest BCUT2D eigenvalue weighted by atomic mass is 32.2. The van der Waals surface area contributed by atoms with Gasteiger partial charge < -0.3 is 10.5 Å². The number of hydrogen-bond acceptors (Lipinski definition) is 4. The molecular formula is C13H22N2O3S. The summed E-state index contributed by atoms with van der Waals surface area (Å²) in [5.74, 6) is 0.476. The molecule has 0 bridgehead atoms. The van der Waals surface area contributed by atoms with Crippen molar-refractivity contribution in [1.82, 2.24) is 4.31 Å². The maximum Gasteiger partial charge on any atom is 0.243 e. The molecule has 0 aliphatic carbocycles. The molecule has 2 N–H and O–H groups in total. The van der Waals surface area contributed by atoms with E-state index in [1.165, 1.54) is 23.5 Å². The van der Waals surface area contributed by atoms with Crippen LogP contribution >= 0.6 is 0 Å². The molecule has 0 aliphatic heterocycles. The van der Waals surface area contributed by atoms with E-state index in [0.29, 0.717) is 11.4 Å². The minimum absolute atomic E-state index is 0.00618. The van der Waals surface area contributed by atoms with Gasteiger partial charge in [-0.25, -0.2) is 8.42 Å². The summed E-state index contributed by atoms with van der Waals surface area (Å²) in [7, 11) is -0.411. The molecular weight excluding hydrogens is 264 g/mol. The minimum atomic E-state index is -3.51. The fourth-order valence-corrected chi connectivity index (χ4v) is 3.58. The Kier molecular flexibility index (Phi) is 5.20. The summed E-state index contributed by atoms with van der Waals surface area (Å²) < 4.78 is 31.4. The second kappa shape index (κ2) is 6.25. The molecule has 0 aliphatic rings. The Hall–Kier alpha value is -1.27. The quantitative estimate of drug-likeness (QED) is 0.813. The van der Waals surface area contributed by atoms with Crippen LogP contribution in [0, 0.1) is 0 Å². The Balaban J connectivity index is 3.16. The molecule has 6 heteroatoms. The fourth-order valence-electron chi connectivity index (χ4n) is 2.04. The number of anilines is 1. The number of sulfonamides is 1. The molecule has 0 saturated carbocycles. The van der Waals surface area contributed by atoms with Crippen LogP contribution in [0.2, 0.25) is 0 Å². The maximum absolute atomic E-state index is 12.5. The topological polar surface area (TPSA) is 72.6 Å². The lowest BCUT2D eigenvalue weighted by atomic mass is 10.2. The number of nitrogens with two attached hydrogens (primary N) is 1. The molecule has 0 saturated heterocycles. The van der Waals surface area contributed by atoms with E-state index in [2.05, 4.69) is 0 Å². The number of rotatable bonds is 6. The second-order valence-electron chi connectivity index (χ2n) is 4.40. The van der Waals surface area contributed by atoms with Gasteiger partial charge in [0.25, 0.3) is 0 Å². The average molecular weight is 286 g/mol. The molecule has 108 valence electrons. The molecule has 0 aromatic heterocycles. The van der Waals surface area contributed by atoms with E-state index in [9.17, 15) is 8.42 Å². The zero-order chi connectivity index (χ0) is 14.6. The lowest BCUT2D eigenvalue weighted by Crippen LogP contribution is -2.36. The second-order valence-corrected chi connectivity index (χ2v) is 6.39. The molecule has 0 radical (unpaired) electrons. The number of hydrogen-bond donors (Lipinski definition) is 1. The highest BCUT2D eigenvalue weighted by Crippen LogP contribution is 2.27. The number of nitrogen functional groups attached to an aromatic ring is 1. The van der Waals surface area contributed by atoms with Crippen molar-refractivity contribution < 1.29 is 13.2 Å². The monoisotopic (exact) mass is 286 g/mol. The first kappa shape index (κ1) is 15.8. The van der Waals surface area contributed by atoms with Gasteiger partial charge in [0.05, 0.1) is 17.7 Å². The van der Waals surface area contributed by atoms with Crippen molar-refractivity contribution in [2.45, 2.75) is 37.6 Å². The lowest BCUT2D eigenvalue weighted by molar-refractivity contribution is 0.349. The van der Waals surface area contributed by atoms with Crippen molar-refractivity contribution >= 4 is 15.7 Å². The average Bonchev–Trinajstić information content (AvgIpc) is 2.39. The number of methoxy groups -OCH3 is 1. The first-order valence-electron chi connectivity index (χ1n) is 6.30. The summed E-state index contributed by atoms with van der Waals surface area (Å²) in [4.78, 5) is 0.195. The van der Waals surface area contributed by atoms with Crippen molar-refractivity contribution in [2.24, 2.45) is 0 Å². The predicted molar refractivity (Wildman–Crippen MR) is 76.7 cm³/mol. The van der Waals surface area contributed by atoms with Crippen molar-refractivity contribution in [3.63, 3.8) is 0 Å². The summed E-state index contributed by atoms with van der Waals surface area (Å²) >= 11 is 0. The van der Waals surface area contributed by atoms with E-state index in [-0.39, 0.29) is 10.9 Å². The van der Waals surface area contributed by atoms with E-state index < -0.39 is 10.0 Å². The molecule has 1 aromatic rings. The SMILES string of the molecule is CCC(CC)N(C)S(=O)(=O)c1ccc(OC)c(N)c1. The molecule has 0 spiro atoms. The van der Waals surface area contributed by atoms with Crippen LogP contribution in [-0.4, -0.2) is 32.9 Å².